The van der Waals surface area contributed by atoms with Gasteiger partial charge in [0.05, 0.1) is 5.69 Å². The Bertz CT molecular complexity index is 1180. The zero-order valence-corrected chi connectivity index (χ0v) is 17.8. The van der Waals surface area contributed by atoms with Crippen LogP contribution in [-0.4, -0.2) is 34.1 Å². The molecule has 31 heavy (non-hydrogen) atoms. The molecule has 2 aromatic carbocycles. The molecule has 2 atom stereocenters. The maximum absolute atomic E-state index is 13.1. The third kappa shape index (κ3) is 3.40. The van der Waals surface area contributed by atoms with Gasteiger partial charge in [0.1, 0.15) is 11.1 Å². The fourth-order valence-corrected chi connectivity index (χ4v) is 4.38. The minimum Gasteiger partial charge on any atom is -0.443 e. The van der Waals surface area contributed by atoms with E-state index in [9.17, 15) is 9.90 Å². The highest BCUT2D eigenvalue weighted by Crippen LogP contribution is 2.49. The number of anilines is 1. The van der Waals surface area contributed by atoms with E-state index >= 15 is 0 Å². The van der Waals surface area contributed by atoms with Crippen LogP contribution in [0.1, 0.15) is 32.8 Å². The Morgan fingerprint density at radius 2 is 1.90 bits per heavy atom. The number of aliphatic hydroxyl groups excluding tert-OH is 1. The molecular weight excluding hydrogens is 394 g/mol. The van der Waals surface area contributed by atoms with Crippen molar-refractivity contribution in [3.8, 4) is 0 Å². The number of rotatable bonds is 4. The molecule has 160 valence electrons. The zero-order valence-electron chi connectivity index (χ0n) is 17.8. The van der Waals surface area contributed by atoms with E-state index in [1.54, 1.807) is 26.8 Å². The molecule has 8 nitrogen and oxygen atoms in total. The van der Waals surface area contributed by atoms with Gasteiger partial charge < -0.3 is 14.4 Å². The molecular formula is C23H25N5O3. The van der Waals surface area contributed by atoms with E-state index in [0.29, 0.717) is 12.1 Å². The Labute approximate surface area is 180 Å². The molecule has 0 radical (unpaired) electrons. The monoisotopic (exact) mass is 419 g/mol. The number of carbonyl (C=O) groups is 1. The molecule has 4 rings (SSSR count). The number of ether oxygens (including phenoxy) is 1. The van der Waals surface area contributed by atoms with E-state index in [1.165, 1.54) is 4.90 Å². The van der Waals surface area contributed by atoms with E-state index in [0.717, 1.165) is 16.5 Å². The lowest BCUT2D eigenvalue weighted by Gasteiger charge is -2.37. The molecule has 1 aliphatic rings. The van der Waals surface area contributed by atoms with Crippen molar-refractivity contribution in [3.63, 3.8) is 0 Å². The number of azide groups is 1. The van der Waals surface area contributed by atoms with Crippen LogP contribution in [0.2, 0.25) is 0 Å². The first kappa shape index (κ1) is 20.8. The number of para-hydroxylation sites is 2. The maximum atomic E-state index is 13.1. The summed E-state index contributed by atoms with van der Waals surface area (Å²) in [5, 5.41) is 16.4. The molecule has 2 heterocycles. The van der Waals surface area contributed by atoms with Gasteiger partial charge in [0.15, 0.2) is 6.23 Å². The van der Waals surface area contributed by atoms with Crippen molar-refractivity contribution in [1.82, 2.24) is 4.57 Å². The molecule has 0 fully saturated rings. The number of hydrogen-bond donors (Lipinski definition) is 1. The summed E-state index contributed by atoms with van der Waals surface area (Å²) in [4.78, 5) is 17.3. The quantitative estimate of drug-likeness (QED) is 0.359. The van der Waals surface area contributed by atoms with E-state index in [2.05, 4.69) is 10.0 Å². The first-order chi connectivity index (χ1) is 14.8. The summed E-state index contributed by atoms with van der Waals surface area (Å²) in [6.45, 7) is 5.51. The smallest absolute Gasteiger partial charge is 0.417 e. The number of nitrogens with zero attached hydrogens (tertiary/aromatic N) is 5. The summed E-state index contributed by atoms with van der Waals surface area (Å²) >= 11 is 0. The SMILES string of the molecule is CC(C)(C)OC(=O)N1c2ccccc2[C@](CCN=[N+]=[N-])(n2ccc3ccccc32)C1O. The van der Waals surface area contributed by atoms with Crippen LogP contribution < -0.4 is 4.90 Å². The van der Waals surface area contributed by atoms with Crippen LogP contribution in [0.15, 0.2) is 65.9 Å². The van der Waals surface area contributed by atoms with Crippen LogP contribution in [0.5, 0.6) is 0 Å². The van der Waals surface area contributed by atoms with Gasteiger partial charge >= 0.3 is 6.09 Å². The van der Waals surface area contributed by atoms with Crippen LogP contribution in [0.25, 0.3) is 21.3 Å². The van der Waals surface area contributed by atoms with Crippen LogP contribution in [0.3, 0.4) is 0 Å². The summed E-state index contributed by atoms with van der Waals surface area (Å²) in [5.41, 5.74) is 9.33. The Morgan fingerprint density at radius 1 is 1.19 bits per heavy atom. The maximum Gasteiger partial charge on any atom is 0.417 e. The molecule has 1 unspecified atom stereocenters. The second kappa shape index (κ2) is 7.65. The van der Waals surface area contributed by atoms with E-state index in [1.807, 2.05) is 59.3 Å². The van der Waals surface area contributed by atoms with Crippen LogP contribution in [0.4, 0.5) is 10.5 Å². The van der Waals surface area contributed by atoms with Crippen molar-refractivity contribution < 1.29 is 14.6 Å². The Hall–Kier alpha value is -3.48. The molecule has 1 N–H and O–H groups in total. The second-order valence-corrected chi connectivity index (χ2v) is 8.61. The number of aliphatic hydroxyl groups is 1. The average Bonchev–Trinajstić information content (AvgIpc) is 3.25. The molecule has 0 saturated carbocycles. The number of aromatic nitrogens is 1. The second-order valence-electron chi connectivity index (χ2n) is 8.61. The summed E-state index contributed by atoms with van der Waals surface area (Å²) < 4.78 is 7.58. The van der Waals surface area contributed by atoms with Gasteiger partial charge in [-0.25, -0.2) is 9.69 Å². The average molecular weight is 419 g/mol. The minimum absolute atomic E-state index is 0.149. The van der Waals surface area contributed by atoms with Gasteiger partial charge in [0.2, 0.25) is 0 Å². The van der Waals surface area contributed by atoms with Crippen molar-refractivity contribution >= 4 is 22.7 Å². The fraction of sp³-hybridized carbons (Fsp3) is 0.348. The van der Waals surface area contributed by atoms with Crippen LogP contribution in [-0.2, 0) is 10.3 Å². The van der Waals surface area contributed by atoms with Gasteiger partial charge in [-0.2, -0.15) is 0 Å². The van der Waals surface area contributed by atoms with Gasteiger partial charge in [0, 0.05) is 28.7 Å². The predicted octanol–water partition coefficient (Wildman–Crippen LogP) is 5.16. The van der Waals surface area contributed by atoms with Crippen molar-refractivity contribution in [2.45, 2.75) is 44.6 Å². The fourth-order valence-electron chi connectivity index (χ4n) is 4.38. The van der Waals surface area contributed by atoms with E-state index in [4.69, 9.17) is 10.3 Å². The van der Waals surface area contributed by atoms with E-state index in [-0.39, 0.29) is 6.54 Å². The topological polar surface area (TPSA) is 103 Å². The summed E-state index contributed by atoms with van der Waals surface area (Å²) in [7, 11) is 0. The predicted molar refractivity (Wildman–Crippen MR) is 119 cm³/mol. The van der Waals surface area contributed by atoms with Crippen LogP contribution in [0, 0.1) is 0 Å². The number of carbonyl (C=O) groups excluding carboxylic acids is 1. The minimum atomic E-state index is -1.26. The normalized spacial score (nSPS) is 20.4. The van der Waals surface area contributed by atoms with Crippen molar-refractivity contribution in [2.75, 3.05) is 11.4 Å². The molecule has 0 spiro atoms. The number of benzene rings is 2. The Morgan fingerprint density at radius 3 is 2.65 bits per heavy atom. The van der Waals surface area contributed by atoms with Crippen molar-refractivity contribution in [2.24, 2.45) is 5.11 Å². The molecule has 0 aliphatic carbocycles. The molecule has 1 aromatic heterocycles. The zero-order chi connectivity index (χ0) is 22.2. The van der Waals surface area contributed by atoms with Gasteiger partial charge in [-0.05, 0) is 56.3 Å². The highest BCUT2D eigenvalue weighted by Gasteiger charge is 2.54. The summed E-state index contributed by atoms with van der Waals surface area (Å²) in [5.74, 6) is 0. The Kier molecular flexibility index (Phi) is 5.13. The van der Waals surface area contributed by atoms with Gasteiger partial charge in [-0.3, -0.25) is 0 Å². The molecule has 1 aliphatic heterocycles. The highest BCUT2D eigenvalue weighted by molar-refractivity contribution is 5.93. The van der Waals surface area contributed by atoms with Gasteiger partial charge in [0.25, 0.3) is 0 Å². The van der Waals surface area contributed by atoms with E-state index < -0.39 is 23.5 Å². The number of amides is 1. The van der Waals surface area contributed by atoms with Gasteiger partial charge in [-0.1, -0.05) is 41.5 Å². The third-order valence-electron chi connectivity index (χ3n) is 5.58. The molecule has 8 heteroatoms. The summed E-state index contributed by atoms with van der Waals surface area (Å²) in [6.07, 6.45) is 0.311. The molecule has 0 bridgehead atoms. The van der Waals surface area contributed by atoms with Gasteiger partial charge in [-0.15, -0.1) is 0 Å². The summed E-state index contributed by atoms with van der Waals surface area (Å²) in [6, 6.07) is 17.2. The largest absolute Gasteiger partial charge is 0.443 e. The number of fused-ring (bicyclic) bond motifs is 2. The van der Waals surface area contributed by atoms with Crippen molar-refractivity contribution in [1.29, 1.82) is 0 Å². The highest BCUT2D eigenvalue weighted by atomic mass is 16.6. The first-order valence-corrected chi connectivity index (χ1v) is 10.2. The Balaban J connectivity index is 1.94. The standard InChI is InChI=1S/C23H25N5O3/c1-22(2,3)31-21(30)28-19-11-7-5-9-17(19)23(20(28)29,13-14-25-26-24)27-15-12-16-8-4-6-10-18(16)27/h4-12,15,20,29H,13-14H2,1-3H3/t20?,23-/m0/s1. The lowest BCUT2D eigenvalue weighted by molar-refractivity contribution is 0.0309. The first-order valence-electron chi connectivity index (χ1n) is 10.2. The molecule has 0 saturated heterocycles. The van der Waals surface area contributed by atoms with Crippen molar-refractivity contribution in [3.05, 3.63) is 76.8 Å². The molecule has 3 aromatic rings. The number of hydrogen-bond acceptors (Lipinski definition) is 4. The third-order valence-corrected chi connectivity index (χ3v) is 5.58. The molecule has 1 amide bonds. The lowest BCUT2D eigenvalue weighted by Crippen LogP contribution is -2.52. The lowest BCUT2D eigenvalue weighted by atomic mass is 9.86. The van der Waals surface area contributed by atoms with Crippen LogP contribution >= 0.6 is 0 Å².